The van der Waals surface area contributed by atoms with Gasteiger partial charge in [0.25, 0.3) is 0 Å². The van der Waals surface area contributed by atoms with Crippen LogP contribution in [0, 0.1) is 5.92 Å². The number of hydrogen-bond donors (Lipinski definition) is 2. The molecule has 8 heteroatoms. The van der Waals surface area contributed by atoms with E-state index in [-0.39, 0.29) is 29.8 Å². The average molecular weight is 306 g/mol. The fourth-order valence-corrected chi connectivity index (χ4v) is 3.95. The molecule has 0 bridgehead atoms. The van der Waals surface area contributed by atoms with Crippen LogP contribution in [0.1, 0.15) is 26.2 Å². The van der Waals surface area contributed by atoms with Crippen molar-refractivity contribution < 1.29 is 23.1 Å². The van der Waals surface area contributed by atoms with Crippen LogP contribution in [0.25, 0.3) is 0 Å². The number of carboxylic acids is 1. The molecule has 1 fully saturated rings. The maximum atomic E-state index is 12.1. The molecule has 1 aliphatic heterocycles. The number of rotatable bonds is 7. The quantitative estimate of drug-likeness (QED) is 0.652. The molecule has 1 saturated heterocycles. The highest BCUT2D eigenvalue weighted by Gasteiger charge is 2.35. The molecular formula is C12H22N2O5S. The fraction of sp³-hybridized carbons (Fsp3) is 0.833. The summed E-state index contributed by atoms with van der Waals surface area (Å²) in [5.74, 6) is -1.39. The lowest BCUT2D eigenvalue weighted by molar-refractivity contribution is -0.146. The van der Waals surface area contributed by atoms with Crippen molar-refractivity contribution in [1.82, 2.24) is 4.90 Å². The van der Waals surface area contributed by atoms with Crippen molar-refractivity contribution in [3.8, 4) is 0 Å². The van der Waals surface area contributed by atoms with E-state index in [0.29, 0.717) is 19.4 Å². The molecule has 1 aliphatic rings. The van der Waals surface area contributed by atoms with Crippen LogP contribution < -0.4 is 5.73 Å². The molecular weight excluding hydrogens is 284 g/mol. The first-order valence-corrected chi connectivity index (χ1v) is 8.49. The van der Waals surface area contributed by atoms with Crippen LogP contribution in [-0.2, 0) is 19.4 Å². The van der Waals surface area contributed by atoms with Gasteiger partial charge in [-0.3, -0.25) is 9.59 Å². The van der Waals surface area contributed by atoms with E-state index in [0.717, 1.165) is 0 Å². The number of amides is 1. The Hall–Kier alpha value is -1.15. The predicted molar refractivity (Wildman–Crippen MR) is 73.9 cm³/mol. The molecule has 0 spiro atoms. The van der Waals surface area contributed by atoms with E-state index in [4.69, 9.17) is 10.8 Å². The lowest BCUT2D eigenvalue weighted by Gasteiger charge is -2.27. The average Bonchev–Trinajstić information content (AvgIpc) is 2.72. The second-order valence-corrected chi connectivity index (χ2v) is 7.58. The standard InChI is InChI=1S/C12H22N2O5S/c1-9(6-13)2-3-11(15)14(7-12(16)17)10-4-5-20(18,19)8-10/h9-10H,2-8,13H2,1H3,(H,16,17). The van der Waals surface area contributed by atoms with Gasteiger partial charge in [-0.1, -0.05) is 6.92 Å². The van der Waals surface area contributed by atoms with Gasteiger partial charge in [0.05, 0.1) is 11.5 Å². The molecule has 0 aliphatic carbocycles. The lowest BCUT2D eigenvalue weighted by Crippen LogP contribution is -2.44. The van der Waals surface area contributed by atoms with Crippen LogP contribution in [-0.4, -0.2) is 60.9 Å². The Labute approximate surface area is 119 Å². The monoisotopic (exact) mass is 306 g/mol. The summed E-state index contributed by atoms with van der Waals surface area (Å²) in [7, 11) is -3.15. The van der Waals surface area contributed by atoms with E-state index in [2.05, 4.69) is 0 Å². The minimum Gasteiger partial charge on any atom is -0.480 e. The highest BCUT2D eigenvalue weighted by Crippen LogP contribution is 2.19. The van der Waals surface area contributed by atoms with Gasteiger partial charge < -0.3 is 15.7 Å². The van der Waals surface area contributed by atoms with Crippen LogP contribution in [0.5, 0.6) is 0 Å². The Kier molecular flexibility index (Phi) is 5.94. The molecule has 2 atom stereocenters. The van der Waals surface area contributed by atoms with Crippen molar-refractivity contribution in [2.45, 2.75) is 32.2 Å². The van der Waals surface area contributed by atoms with Crippen molar-refractivity contribution in [1.29, 1.82) is 0 Å². The van der Waals surface area contributed by atoms with Gasteiger partial charge in [0.15, 0.2) is 9.84 Å². The Bertz CT molecular complexity index is 462. The number of carbonyl (C=O) groups excluding carboxylic acids is 1. The van der Waals surface area contributed by atoms with Crippen LogP contribution in [0.15, 0.2) is 0 Å². The molecule has 0 aromatic rings. The van der Waals surface area contributed by atoms with Crippen molar-refractivity contribution in [2.24, 2.45) is 11.7 Å². The zero-order valence-electron chi connectivity index (χ0n) is 11.6. The summed E-state index contributed by atoms with van der Waals surface area (Å²) < 4.78 is 22.9. The van der Waals surface area contributed by atoms with E-state index in [1.165, 1.54) is 4.90 Å². The Morgan fingerprint density at radius 1 is 1.45 bits per heavy atom. The summed E-state index contributed by atoms with van der Waals surface area (Å²) in [6.07, 6.45) is 1.08. The maximum absolute atomic E-state index is 12.1. The SMILES string of the molecule is CC(CN)CCC(=O)N(CC(=O)O)C1CCS(=O)(=O)C1. The number of carbonyl (C=O) groups is 2. The summed E-state index contributed by atoms with van der Waals surface area (Å²) in [6, 6.07) is -0.517. The normalized spacial score (nSPS) is 22.4. The van der Waals surface area contributed by atoms with Crippen LogP contribution in [0.2, 0.25) is 0 Å². The molecule has 0 aromatic carbocycles. The van der Waals surface area contributed by atoms with Gasteiger partial charge in [0.2, 0.25) is 5.91 Å². The number of nitrogens with zero attached hydrogens (tertiary/aromatic N) is 1. The Morgan fingerprint density at radius 2 is 2.10 bits per heavy atom. The summed E-state index contributed by atoms with van der Waals surface area (Å²) >= 11 is 0. The zero-order valence-corrected chi connectivity index (χ0v) is 12.4. The van der Waals surface area contributed by atoms with Gasteiger partial charge in [0.1, 0.15) is 6.54 Å². The summed E-state index contributed by atoms with van der Waals surface area (Å²) in [5.41, 5.74) is 5.47. The molecule has 0 saturated carbocycles. The summed E-state index contributed by atoms with van der Waals surface area (Å²) in [4.78, 5) is 24.2. The van der Waals surface area contributed by atoms with E-state index in [9.17, 15) is 18.0 Å². The second kappa shape index (κ2) is 7.03. The van der Waals surface area contributed by atoms with Gasteiger partial charge >= 0.3 is 5.97 Å². The summed E-state index contributed by atoms with van der Waals surface area (Å²) in [5, 5.41) is 8.88. The topological polar surface area (TPSA) is 118 Å². The van der Waals surface area contributed by atoms with Gasteiger partial charge in [-0.15, -0.1) is 0 Å². The first-order valence-electron chi connectivity index (χ1n) is 6.67. The third-order valence-corrected chi connectivity index (χ3v) is 5.28. The van der Waals surface area contributed by atoms with E-state index in [1.54, 1.807) is 0 Å². The van der Waals surface area contributed by atoms with Crippen LogP contribution >= 0.6 is 0 Å². The largest absolute Gasteiger partial charge is 0.480 e. The minimum absolute atomic E-state index is 0.0142. The molecule has 7 nitrogen and oxygen atoms in total. The number of hydrogen-bond acceptors (Lipinski definition) is 5. The number of aliphatic carboxylic acids is 1. The van der Waals surface area contributed by atoms with E-state index < -0.39 is 28.4 Å². The molecule has 2 unspecified atom stereocenters. The molecule has 116 valence electrons. The van der Waals surface area contributed by atoms with Crippen molar-refractivity contribution in [2.75, 3.05) is 24.6 Å². The lowest BCUT2D eigenvalue weighted by atomic mass is 10.0. The van der Waals surface area contributed by atoms with E-state index in [1.807, 2.05) is 6.92 Å². The predicted octanol–water partition coefficient (Wildman–Crippen LogP) is -0.538. The Balaban J connectivity index is 2.69. The Morgan fingerprint density at radius 3 is 2.55 bits per heavy atom. The third-order valence-electron chi connectivity index (χ3n) is 3.53. The smallest absolute Gasteiger partial charge is 0.323 e. The van der Waals surface area contributed by atoms with Gasteiger partial charge in [-0.05, 0) is 25.3 Å². The van der Waals surface area contributed by atoms with Crippen LogP contribution in [0.3, 0.4) is 0 Å². The number of nitrogens with two attached hydrogens (primary N) is 1. The molecule has 0 radical (unpaired) electrons. The molecule has 3 N–H and O–H groups in total. The fourth-order valence-electron chi connectivity index (χ4n) is 2.22. The maximum Gasteiger partial charge on any atom is 0.323 e. The number of carboxylic acid groups (broad SMARTS) is 1. The zero-order chi connectivity index (χ0) is 15.3. The number of sulfone groups is 1. The first kappa shape index (κ1) is 16.9. The van der Waals surface area contributed by atoms with Gasteiger partial charge in [-0.2, -0.15) is 0 Å². The van der Waals surface area contributed by atoms with Crippen molar-refractivity contribution in [3.05, 3.63) is 0 Å². The molecule has 1 heterocycles. The summed E-state index contributed by atoms with van der Waals surface area (Å²) in [6.45, 7) is 1.93. The van der Waals surface area contributed by atoms with Gasteiger partial charge in [-0.25, -0.2) is 8.42 Å². The first-order chi connectivity index (χ1) is 9.25. The van der Waals surface area contributed by atoms with Crippen LogP contribution in [0.4, 0.5) is 0 Å². The van der Waals surface area contributed by atoms with Crippen molar-refractivity contribution in [3.63, 3.8) is 0 Å². The minimum atomic E-state index is -3.15. The second-order valence-electron chi connectivity index (χ2n) is 5.35. The van der Waals surface area contributed by atoms with Gasteiger partial charge in [0, 0.05) is 12.5 Å². The highest BCUT2D eigenvalue weighted by atomic mass is 32.2. The molecule has 1 rings (SSSR count). The molecule has 0 aromatic heterocycles. The molecule has 1 amide bonds. The van der Waals surface area contributed by atoms with Crippen molar-refractivity contribution >= 4 is 21.7 Å². The third kappa shape index (κ3) is 5.09. The molecule has 20 heavy (non-hydrogen) atoms. The highest BCUT2D eigenvalue weighted by molar-refractivity contribution is 7.91. The van der Waals surface area contributed by atoms with E-state index >= 15 is 0 Å².